The van der Waals surface area contributed by atoms with E-state index in [1.54, 1.807) is 0 Å². The third-order valence-corrected chi connectivity index (χ3v) is 25.5. The number of nitrogens with zero attached hydrogens (tertiary/aromatic N) is 2. The molecule has 0 spiro atoms. The van der Waals surface area contributed by atoms with Crippen molar-refractivity contribution in [2.75, 3.05) is 52.4 Å². The highest BCUT2D eigenvalue weighted by molar-refractivity contribution is 5.96. The van der Waals surface area contributed by atoms with E-state index in [9.17, 15) is 28.8 Å². The minimum Gasteiger partial charge on any atom is -0.462 e. The van der Waals surface area contributed by atoms with Crippen molar-refractivity contribution < 1.29 is 47.7 Å². The predicted molar refractivity (Wildman–Crippen MR) is 518 cm³/mol. The van der Waals surface area contributed by atoms with Gasteiger partial charge in [0.1, 0.15) is 30.8 Å². The molecule has 0 bridgehead atoms. The molecule has 0 saturated carbocycles. The normalized spacial score (nSPS) is 11.8. The number of amides is 2. The zero-order valence-electron chi connectivity index (χ0n) is 82.2. The lowest BCUT2D eigenvalue weighted by atomic mass is 10.0. The maximum absolute atomic E-state index is 13.5. The first kappa shape index (κ1) is 118. The first-order chi connectivity index (χ1) is 59.4. The molecule has 0 saturated heterocycles. The Hall–Kier alpha value is -3.26. The Balaban J connectivity index is 5.86. The summed E-state index contributed by atoms with van der Waals surface area (Å²) in [6.45, 7) is 24.2. The van der Waals surface area contributed by atoms with E-state index in [0.717, 1.165) is 257 Å². The molecule has 716 valence electrons. The number of rotatable bonds is 100. The van der Waals surface area contributed by atoms with Crippen molar-refractivity contribution in [1.82, 2.24) is 20.4 Å². The highest BCUT2D eigenvalue weighted by Crippen LogP contribution is 2.25. The lowest BCUT2D eigenvalue weighted by Crippen LogP contribution is -2.40. The average Bonchev–Trinajstić information content (AvgIpc) is 0.977. The second-order valence-electron chi connectivity index (χ2n) is 37.5. The standard InChI is InChI=1S/C107H208N4O10/c1-9-17-25-33-45-61-77-98(78-62-46-34-26-18-10-2)118-104(114)85-69-53-41-57-73-91-110(92-74-58-42-54-70-86-105(115)119-99(79-63-47-35-27-19-11-3)80-64-48-36-28-20-12-4)95-89-108-102(112)97-103(113)109-90-96-111(93-75-59-43-55-71-87-106(116)120-100(81-65-49-37-29-21-13-5)82-66-50-38-30-22-14-6)94-76-60-44-56-72-88-107(117)121-101(83-67-51-39-31-23-15-7)84-68-52-40-32-24-16-8/h98-101H,9-97H2,1-8H3,(H,108,112)(H,109,113). The lowest BCUT2D eigenvalue weighted by Gasteiger charge is -2.23. The van der Waals surface area contributed by atoms with Crippen LogP contribution < -0.4 is 10.6 Å². The van der Waals surface area contributed by atoms with Gasteiger partial charge in [0.2, 0.25) is 11.8 Å². The summed E-state index contributed by atoms with van der Waals surface area (Å²) in [6, 6.07) is 0. The molecule has 0 fully saturated rings. The molecule has 2 amide bonds. The fraction of sp³-hybridized carbons (Fsp3) is 0.944. The first-order valence-electron chi connectivity index (χ1n) is 54.1. The summed E-state index contributed by atoms with van der Waals surface area (Å²) in [7, 11) is 0. The van der Waals surface area contributed by atoms with Gasteiger partial charge in [-0.1, -0.05) is 389 Å². The van der Waals surface area contributed by atoms with E-state index in [-0.39, 0.29) is 66.5 Å². The molecule has 0 atom stereocenters. The van der Waals surface area contributed by atoms with Crippen molar-refractivity contribution >= 4 is 35.7 Å². The number of esters is 4. The molecule has 0 heterocycles. The van der Waals surface area contributed by atoms with Crippen LogP contribution in [-0.4, -0.2) is 122 Å². The molecule has 0 radical (unpaired) electrons. The van der Waals surface area contributed by atoms with Crippen LogP contribution in [0.1, 0.15) is 575 Å². The van der Waals surface area contributed by atoms with E-state index in [2.05, 4.69) is 75.8 Å². The van der Waals surface area contributed by atoms with E-state index in [0.29, 0.717) is 51.9 Å². The summed E-state index contributed by atoms with van der Waals surface area (Å²) in [5, 5.41) is 6.21. The summed E-state index contributed by atoms with van der Waals surface area (Å²) >= 11 is 0. The first-order valence-corrected chi connectivity index (χ1v) is 54.1. The second kappa shape index (κ2) is 95.8. The van der Waals surface area contributed by atoms with Crippen molar-refractivity contribution in [2.24, 2.45) is 0 Å². The number of carbonyl (C=O) groups excluding carboxylic acids is 6. The van der Waals surface area contributed by atoms with Gasteiger partial charge in [0.05, 0.1) is 0 Å². The van der Waals surface area contributed by atoms with Crippen molar-refractivity contribution in [3.8, 4) is 0 Å². The van der Waals surface area contributed by atoms with E-state index in [1.165, 1.54) is 257 Å². The van der Waals surface area contributed by atoms with Crippen LogP contribution in [0.3, 0.4) is 0 Å². The highest BCUT2D eigenvalue weighted by Gasteiger charge is 2.21. The molecule has 0 aliphatic heterocycles. The number of ether oxygens (including phenoxy) is 4. The zero-order valence-corrected chi connectivity index (χ0v) is 82.2. The number of nitrogens with one attached hydrogen (secondary N) is 2. The number of hydrogen-bond acceptors (Lipinski definition) is 12. The van der Waals surface area contributed by atoms with Gasteiger partial charge in [0.15, 0.2) is 0 Å². The molecule has 2 N–H and O–H groups in total. The Bertz CT molecular complexity index is 1860. The molecule has 14 nitrogen and oxygen atoms in total. The Morgan fingerprint density at radius 1 is 0.190 bits per heavy atom. The highest BCUT2D eigenvalue weighted by atomic mass is 16.6. The second-order valence-corrected chi connectivity index (χ2v) is 37.5. The van der Waals surface area contributed by atoms with Crippen molar-refractivity contribution in [3.05, 3.63) is 0 Å². The van der Waals surface area contributed by atoms with Gasteiger partial charge < -0.3 is 39.4 Å². The van der Waals surface area contributed by atoms with E-state index in [1.807, 2.05) is 0 Å². The van der Waals surface area contributed by atoms with E-state index >= 15 is 0 Å². The smallest absolute Gasteiger partial charge is 0.306 e. The largest absolute Gasteiger partial charge is 0.462 e. The van der Waals surface area contributed by atoms with Crippen molar-refractivity contribution in [1.29, 1.82) is 0 Å². The molecule has 0 unspecified atom stereocenters. The van der Waals surface area contributed by atoms with E-state index in [4.69, 9.17) is 18.9 Å². The predicted octanol–water partition coefficient (Wildman–Crippen LogP) is 31.2. The minimum absolute atomic E-state index is 0.0196. The molecule has 0 aliphatic carbocycles. The maximum Gasteiger partial charge on any atom is 0.306 e. The van der Waals surface area contributed by atoms with Crippen molar-refractivity contribution in [2.45, 2.75) is 600 Å². The summed E-state index contributed by atoms with van der Waals surface area (Å²) < 4.78 is 24.7. The van der Waals surface area contributed by atoms with Crippen LogP contribution in [0.15, 0.2) is 0 Å². The summed E-state index contributed by atoms with van der Waals surface area (Å²) in [4.78, 5) is 84.8. The van der Waals surface area contributed by atoms with Crippen LogP contribution in [0.2, 0.25) is 0 Å². The molecule has 0 aromatic carbocycles. The topological polar surface area (TPSA) is 170 Å². The van der Waals surface area contributed by atoms with Gasteiger partial charge in [-0.3, -0.25) is 28.8 Å². The van der Waals surface area contributed by atoms with Crippen LogP contribution in [0.4, 0.5) is 0 Å². The van der Waals surface area contributed by atoms with Gasteiger partial charge in [-0.05, 0) is 180 Å². The maximum atomic E-state index is 13.5. The molecule has 14 heteroatoms. The Labute approximate surface area is 751 Å². The fourth-order valence-electron chi connectivity index (χ4n) is 17.4. The molecule has 121 heavy (non-hydrogen) atoms. The van der Waals surface area contributed by atoms with Crippen LogP contribution >= 0.6 is 0 Å². The summed E-state index contributed by atoms with van der Waals surface area (Å²) in [6.07, 6.45) is 90.4. The van der Waals surface area contributed by atoms with Gasteiger partial charge in [0.25, 0.3) is 0 Å². The van der Waals surface area contributed by atoms with Crippen molar-refractivity contribution in [3.63, 3.8) is 0 Å². The Kier molecular flexibility index (Phi) is 93.3. The zero-order chi connectivity index (χ0) is 88.1. The van der Waals surface area contributed by atoms with Gasteiger partial charge in [-0.2, -0.15) is 0 Å². The summed E-state index contributed by atoms with van der Waals surface area (Å²) in [5.41, 5.74) is 0. The Morgan fingerprint density at radius 2 is 0.339 bits per heavy atom. The molecular weight excluding hydrogens is 1500 g/mol. The lowest BCUT2D eigenvalue weighted by molar-refractivity contribution is -0.151. The quantitative estimate of drug-likeness (QED) is 0.0256. The van der Waals surface area contributed by atoms with Crippen LogP contribution in [0, 0.1) is 0 Å². The fourth-order valence-corrected chi connectivity index (χ4v) is 17.4. The minimum atomic E-state index is -0.248. The van der Waals surface area contributed by atoms with Gasteiger partial charge >= 0.3 is 23.9 Å². The van der Waals surface area contributed by atoms with Gasteiger partial charge in [-0.25, -0.2) is 0 Å². The monoisotopic (exact) mass is 1710 g/mol. The number of hydrogen-bond donors (Lipinski definition) is 2. The Morgan fingerprint density at radius 3 is 0.512 bits per heavy atom. The number of carbonyl (C=O) groups is 6. The molecule has 0 aromatic rings. The van der Waals surface area contributed by atoms with Gasteiger partial charge in [-0.15, -0.1) is 0 Å². The van der Waals surface area contributed by atoms with Crippen LogP contribution in [0.25, 0.3) is 0 Å². The van der Waals surface area contributed by atoms with Gasteiger partial charge in [0, 0.05) is 51.9 Å². The average molecular weight is 1710 g/mol. The summed E-state index contributed by atoms with van der Waals surface area (Å²) in [5.74, 6) is -0.574. The molecule has 0 rings (SSSR count). The van der Waals surface area contributed by atoms with Crippen LogP contribution in [0.5, 0.6) is 0 Å². The van der Waals surface area contributed by atoms with Crippen LogP contribution in [-0.2, 0) is 47.7 Å². The van der Waals surface area contributed by atoms with E-state index < -0.39 is 0 Å². The number of unbranched alkanes of at least 4 members (excludes halogenated alkanes) is 56. The molecule has 0 aromatic heterocycles. The molecule has 0 aliphatic rings. The SMILES string of the molecule is CCCCCCCCC(CCCCCCCC)OC(=O)CCCCCCCN(CCCCCCCC(=O)OC(CCCCCCCC)CCCCCCCC)CCNC(=O)CC(=O)NCCN(CCCCCCCC(=O)OC(CCCCCCCC)CCCCCCCC)CCCCCCCC(=O)OC(CCCCCCCC)CCCCCCCC. The third-order valence-electron chi connectivity index (χ3n) is 25.5. The third kappa shape index (κ3) is 87.2. The molecular formula is C107H208N4O10.